The minimum atomic E-state index is 0.839. The van der Waals surface area contributed by atoms with Crippen LogP contribution in [0.25, 0.3) is 22.5 Å². The maximum Gasteiger partial charge on any atom is 0.174 e. The standard InChI is InChI=1S/C18H17NO.2C2H6/c1-12-4-8-15(9-5-12)17-14(3)19-20-18(17)16-10-6-13(2)7-11-16;2*1-2/h4-11H,1-3H3;2*1-2H3. The first-order chi connectivity index (χ1) is 11.6. The smallest absolute Gasteiger partial charge is 0.174 e. The van der Waals surface area contributed by atoms with E-state index in [0.717, 1.165) is 28.1 Å². The molecule has 0 amide bonds. The Hall–Kier alpha value is -2.35. The van der Waals surface area contributed by atoms with E-state index in [1.165, 1.54) is 11.1 Å². The molecule has 0 fully saturated rings. The van der Waals surface area contributed by atoms with Gasteiger partial charge in [-0.15, -0.1) is 0 Å². The van der Waals surface area contributed by atoms with Crippen LogP contribution in [0.4, 0.5) is 0 Å². The summed E-state index contributed by atoms with van der Waals surface area (Å²) in [7, 11) is 0. The van der Waals surface area contributed by atoms with Crippen molar-refractivity contribution < 1.29 is 4.52 Å². The first kappa shape index (κ1) is 19.7. The van der Waals surface area contributed by atoms with Crippen molar-refractivity contribution in [3.8, 4) is 22.5 Å². The number of nitrogens with zero attached hydrogens (tertiary/aromatic N) is 1. The monoisotopic (exact) mass is 323 g/mol. The van der Waals surface area contributed by atoms with Gasteiger partial charge in [-0.3, -0.25) is 0 Å². The van der Waals surface area contributed by atoms with Gasteiger partial charge in [-0.25, -0.2) is 0 Å². The third-order valence-corrected chi connectivity index (χ3v) is 3.52. The number of hydrogen-bond acceptors (Lipinski definition) is 2. The van der Waals surface area contributed by atoms with Crippen LogP contribution in [0.3, 0.4) is 0 Å². The van der Waals surface area contributed by atoms with E-state index in [0.29, 0.717) is 0 Å². The summed E-state index contributed by atoms with van der Waals surface area (Å²) < 4.78 is 5.56. The molecule has 0 aliphatic heterocycles. The average molecular weight is 323 g/mol. The molecule has 0 spiro atoms. The molecule has 24 heavy (non-hydrogen) atoms. The fourth-order valence-corrected chi connectivity index (χ4v) is 2.33. The van der Waals surface area contributed by atoms with Crippen molar-refractivity contribution in [3.05, 3.63) is 65.4 Å². The molecule has 0 unspecified atom stereocenters. The maximum atomic E-state index is 5.56. The summed E-state index contributed by atoms with van der Waals surface area (Å²) >= 11 is 0. The molecule has 2 nitrogen and oxygen atoms in total. The maximum absolute atomic E-state index is 5.56. The highest BCUT2D eigenvalue weighted by atomic mass is 16.5. The molecule has 2 heteroatoms. The zero-order valence-electron chi connectivity index (χ0n) is 16.0. The zero-order chi connectivity index (χ0) is 18.1. The van der Waals surface area contributed by atoms with Crippen LogP contribution in [0.1, 0.15) is 44.5 Å². The number of rotatable bonds is 2. The number of benzene rings is 2. The molecule has 1 heterocycles. The number of aryl methyl sites for hydroxylation is 3. The quantitative estimate of drug-likeness (QED) is 0.508. The van der Waals surface area contributed by atoms with Crippen LogP contribution in [0.15, 0.2) is 53.1 Å². The minimum Gasteiger partial charge on any atom is -0.355 e. The lowest BCUT2D eigenvalue weighted by atomic mass is 9.98. The lowest BCUT2D eigenvalue weighted by molar-refractivity contribution is 0.427. The van der Waals surface area contributed by atoms with E-state index in [1.54, 1.807) is 0 Å². The van der Waals surface area contributed by atoms with Crippen molar-refractivity contribution in [3.63, 3.8) is 0 Å². The third kappa shape index (κ3) is 4.58. The van der Waals surface area contributed by atoms with Crippen LogP contribution < -0.4 is 0 Å². The fraction of sp³-hybridized carbons (Fsp3) is 0.318. The normalized spacial score (nSPS) is 9.46. The van der Waals surface area contributed by atoms with Gasteiger partial charge in [-0.2, -0.15) is 0 Å². The Balaban J connectivity index is 0.000000671. The molecule has 2 aromatic carbocycles. The summed E-state index contributed by atoms with van der Waals surface area (Å²) in [5.74, 6) is 0.839. The second kappa shape index (κ2) is 9.71. The Kier molecular flexibility index (Phi) is 7.97. The molecule has 0 aliphatic rings. The van der Waals surface area contributed by atoms with Gasteiger partial charge in [0.15, 0.2) is 5.76 Å². The van der Waals surface area contributed by atoms with Crippen molar-refractivity contribution >= 4 is 0 Å². The van der Waals surface area contributed by atoms with Crippen molar-refractivity contribution in [2.24, 2.45) is 0 Å². The van der Waals surface area contributed by atoms with Gasteiger partial charge in [0.05, 0.1) is 11.3 Å². The van der Waals surface area contributed by atoms with Crippen LogP contribution in [-0.2, 0) is 0 Å². The van der Waals surface area contributed by atoms with E-state index < -0.39 is 0 Å². The van der Waals surface area contributed by atoms with Crippen LogP contribution in [0, 0.1) is 20.8 Å². The summed E-state index contributed by atoms with van der Waals surface area (Å²) in [4.78, 5) is 0. The molecular weight excluding hydrogens is 294 g/mol. The molecular formula is C22H29NO. The molecule has 0 N–H and O–H groups in total. The topological polar surface area (TPSA) is 26.0 Å². The lowest BCUT2D eigenvalue weighted by Gasteiger charge is -2.04. The molecule has 0 saturated carbocycles. The lowest BCUT2D eigenvalue weighted by Crippen LogP contribution is -1.84. The van der Waals surface area contributed by atoms with Crippen molar-refractivity contribution in [2.45, 2.75) is 48.5 Å². The molecule has 128 valence electrons. The predicted octanol–water partition coefficient (Wildman–Crippen LogP) is 6.99. The first-order valence-electron chi connectivity index (χ1n) is 8.75. The van der Waals surface area contributed by atoms with E-state index in [2.05, 4.69) is 67.5 Å². The van der Waals surface area contributed by atoms with E-state index in [1.807, 2.05) is 34.6 Å². The Morgan fingerprint density at radius 2 is 1.04 bits per heavy atom. The third-order valence-electron chi connectivity index (χ3n) is 3.52. The summed E-state index contributed by atoms with van der Waals surface area (Å²) in [5.41, 5.74) is 6.69. The van der Waals surface area contributed by atoms with Gasteiger partial charge in [0.1, 0.15) is 0 Å². The Morgan fingerprint density at radius 3 is 1.50 bits per heavy atom. The largest absolute Gasteiger partial charge is 0.355 e. The molecule has 0 bridgehead atoms. The molecule has 3 aromatic rings. The summed E-state index contributed by atoms with van der Waals surface area (Å²) in [5, 5.41) is 4.14. The van der Waals surface area contributed by atoms with E-state index in [4.69, 9.17) is 4.52 Å². The SMILES string of the molecule is CC.CC.Cc1ccc(-c2onc(C)c2-c2ccc(C)cc2)cc1. The zero-order valence-corrected chi connectivity index (χ0v) is 16.0. The fourth-order valence-electron chi connectivity index (χ4n) is 2.33. The van der Waals surface area contributed by atoms with Gasteiger partial charge in [0, 0.05) is 5.56 Å². The van der Waals surface area contributed by atoms with E-state index in [9.17, 15) is 0 Å². The molecule has 0 saturated heterocycles. The molecule has 3 rings (SSSR count). The molecule has 0 radical (unpaired) electrons. The second-order valence-corrected chi connectivity index (χ2v) is 5.20. The van der Waals surface area contributed by atoms with Crippen LogP contribution in [-0.4, -0.2) is 5.16 Å². The predicted molar refractivity (Wildman–Crippen MR) is 104 cm³/mol. The number of hydrogen-bond donors (Lipinski definition) is 0. The highest BCUT2D eigenvalue weighted by Gasteiger charge is 2.16. The van der Waals surface area contributed by atoms with E-state index >= 15 is 0 Å². The summed E-state index contributed by atoms with van der Waals surface area (Å²) in [6.45, 7) is 14.2. The Labute approximate surface area is 146 Å². The van der Waals surface area contributed by atoms with Gasteiger partial charge in [0.2, 0.25) is 0 Å². The average Bonchev–Trinajstić information content (AvgIpc) is 3.01. The van der Waals surface area contributed by atoms with Gasteiger partial charge < -0.3 is 4.52 Å². The van der Waals surface area contributed by atoms with Crippen molar-refractivity contribution in [2.75, 3.05) is 0 Å². The first-order valence-corrected chi connectivity index (χ1v) is 8.75. The molecule has 0 atom stereocenters. The van der Waals surface area contributed by atoms with Crippen LogP contribution in [0.2, 0.25) is 0 Å². The van der Waals surface area contributed by atoms with Crippen molar-refractivity contribution in [1.82, 2.24) is 5.16 Å². The van der Waals surface area contributed by atoms with Gasteiger partial charge in [-0.1, -0.05) is 92.5 Å². The van der Waals surface area contributed by atoms with Crippen LogP contribution in [0.5, 0.6) is 0 Å². The highest BCUT2D eigenvalue weighted by molar-refractivity contribution is 5.81. The van der Waals surface area contributed by atoms with Gasteiger partial charge >= 0.3 is 0 Å². The minimum absolute atomic E-state index is 0.839. The summed E-state index contributed by atoms with van der Waals surface area (Å²) in [6.07, 6.45) is 0. The van der Waals surface area contributed by atoms with Gasteiger partial charge in [0.25, 0.3) is 0 Å². The Bertz CT molecular complexity index is 722. The van der Waals surface area contributed by atoms with E-state index in [-0.39, 0.29) is 0 Å². The summed E-state index contributed by atoms with van der Waals surface area (Å²) in [6, 6.07) is 16.8. The second-order valence-electron chi connectivity index (χ2n) is 5.20. The Morgan fingerprint density at radius 1 is 0.625 bits per heavy atom. The van der Waals surface area contributed by atoms with Crippen molar-refractivity contribution in [1.29, 1.82) is 0 Å². The highest BCUT2D eigenvalue weighted by Crippen LogP contribution is 2.34. The van der Waals surface area contributed by atoms with Crippen LogP contribution >= 0.6 is 0 Å². The molecule has 0 aliphatic carbocycles. The number of aromatic nitrogens is 1. The van der Waals surface area contributed by atoms with Gasteiger partial charge in [-0.05, 0) is 26.3 Å². The molecule has 1 aromatic heterocycles.